The van der Waals surface area contributed by atoms with Gasteiger partial charge in [-0.1, -0.05) is 24.2 Å². The van der Waals surface area contributed by atoms with Crippen molar-refractivity contribution in [2.75, 3.05) is 13.2 Å². The van der Waals surface area contributed by atoms with Crippen LogP contribution < -0.4 is 5.73 Å². The van der Waals surface area contributed by atoms with Crippen molar-refractivity contribution < 1.29 is 9.63 Å². The third-order valence-electron chi connectivity index (χ3n) is 9.80. The molecule has 5 rings (SSSR count). The van der Waals surface area contributed by atoms with Crippen LogP contribution in [0.1, 0.15) is 77.3 Å². The van der Waals surface area contributed by atoms with Crippen molar-refractivity contribution in [1.82, 2.24) is 15.0 Å². The number of ketones is 1. The van der Waals surface area contributed by atoms with Gasteiger partial charge >= 0.3 is 0 Å². The third-order valence-corrected chi connectivity index (χ3v) is 9.80. The summed E-state index contributed by atoms with van der Waals surface area (Å²) in [6.07, 6.45) is 12.9. The number of nitrogens with two attached hydrogens (primary N) is 1. The fraction of sp³-hybridized carbons (Fsp3) is 0.840. The van der Waals surface area contributed by atoms with Crippen LogP contribution in [0.4, 0.5) is 0 Å². The van der Waals surface area contributed by atoms with Crippen molar-refractivity contribution in [2.45, 2.75) is 84.6 Å². The van der Waals surface area contributed by atoms with Gasteiger partial charge in [0.15, 0.2) is 0 Å². The Morgan fingerprint density at radius 3 is 2.91 bits per heavy atom. The summed E-state index contributed by atoms with van der Waals surface area (Å²) >= 11 is 0. The minimum atomic E-state index is -0.0192. The number of carbonyl (C=O) groups is 1. The zero-order valence-corrected chi connectivity index (χ0v) is 19.8. The molecule has 6 atom stereocenters. The van der Waals surface area contributed by atoms with Crippen molar-refractivity contribution in [3.05, 3.63) is 11.9 Å². The van der Waals surface area contributed by atoms with Gasteiger partial charge in [-0.05, 0) is 87.0 Å². The highest BCUT2D eigenvalue weighted by Crippen LogP contribution is 2.65. The summed E-state index contributed by atoms with van der Waals surface area (Å²) in [4.78, 5) is 18.3. The van der Waals surface area contributed by atoms with Gasteiger partial charge in [0.25, 0.3) is 0 Å². The highest BCUT2D eigenvalue weighted by molar-refractivity contribution is 5.87. The molecule has 32 heavy (non-hydrogen) atoms. The molecule has 7 nitrogen and oxygen atoms in total. The Balaban J connectivity index is 1.17. The quantitative estimate of drug-likeness (QED) is 0.536. The van der Waals surface area contributed by atoms with Crippen molar-refractivity contribution in [3.63, 3.8) is 0 Å². The molecule has 4 aliphatic carbocycles. The Bertz CT molecular complexity index is 881. The predicted octanol–water partition coefficient (Wildman–Crippen LogP) is 3.76. The first-order valence-corrected chi connectivity index (χ1v) is 12.7. The fourth-order valence-corrected chi connectivity index (χ4v) is 7.90. The van der Waals surface area contributed by atoms with Gasteiger partial charge in [-0.15, -0.1) is 5.10 Å². The smallest absolute Gasteiger partial charge is 0.139 e. The monoisotopic (exact) mass is 441 g/mol. The lowest BCUT2D eigenvalue weighted by Gasteiger charge is -2.59. The lowest BCUT2D eigenvalue weighted by atomic mass is 9.45. The molecule has 0 aliphatic heterocycles. The van der Waals surface area contributed by atoms with E-state index >= 15 is 0 Å². The Morgan fingerprint density at radius 1 is 1.19 bits per heavy atom. The molecular weight excluding hydrogens is 402 g/mol. The normalized spacial score (nSPS) is 40.1. The summed E-state index contributed by atoms with van der Waals surface area (Å²) in [6.45, 7) is 6.57. The van der Waals surface area contributed by atoms with E-state index in [-0.39, 0.29) is 5.41 Å². The molecule has 0 aromatic carbocycles. The van der Waals surface area contributed by atoms with Crippen LogP contribution in [-0.4, -0.2) is 39.6 Å². The van der Waals surface area contributed by atoms with Gasteiger partial charge in [0.05, 0.1) is 18.0 Å². The second-order valence-corrected chi connectivity index (χ2v) is 11.3. The summed E-state index contributed by atoms with van der Waals surface area (Å²) in [5.74, 6) is 3.42. The molecule has 0 saturated heterocycles. The van der Waals surface area contributed by atoms with Gasteiger partial charge < -0.3 is 10.6 Å². The van der Waals surface area contributed by atoms with Crippen LogP contribution in [0.3, 0.4) is 0 Å². The first-order chi connectivity index (χ1) is 15.4. The molecule has 1 aromatic rings. The highest BCUT2D eigenvalue weighted by Gasteiger charge is 2.60. The first kappa shape index (κ1) is 22.1. The van der Waals surface area contributed by atoms with E-state index < -0.39 is 0 Å². The van der Waals surface area contributed by atoms with Crippen LogP contribution in [0.25, 0.3) is 0 Å². The number of aromatic nitrogens is 3. The number of fused-ring (bicyclic) bond motifs is 5. The van der Waals surface area contributed by atoms with E-state index in [4.69, 9.17) is 10.6 Å². The van der Waals surface area contributed by atoms with Crippen LogP contribution in [0.15, 0.2) is 11.4 Å². The molecule has 0 amide bonds. The Hall–Kier alpha value is -1.76. The van der Waals surface area contributed by atoms with Gasteiger partial charge in [-0.25, -0.2) is 4.68 Å². The van der Waals surface area contributed by atoms with Gasteiger partial charge in [0.2, 0.25) is 0 Å². The van der Waals surface area contributed by atoms with Gasteiger partial charge in [-0.3, -0.25) is 4.79 Å². The topological polar surface area (TPSA) is 95.4 Å². The van der Waals surface area contributed by atoms with Gasteiger partial charge in [0.1, 0.15) is 12.4 Å². The van der Waals surface area contributed by atoms with E-state index in [9.17, 15) is 4.79 Å². The zero-order valence-electron chi connectivity index (χ0n) is 19.8. The highest BCUT2D eigenvalue weighted by atomic mass is 16.6. The number of Topliss-reactive ketones (excluding diaryl/α,β-unsaturated/α-hetero) is 1. The summed E-state index contributed by atoms with van der Waals surface area (Å²) in [6, 6.07) is 0. The Labute approximate surface area is 191 Å². The molecule has 176 valence electrons. The molecule has 4 aliphatic rings. The van der Waals surface area contributed by atoms with E-state index in [1.54, 1.807) is 4.68 Å². The van der Waals surface area contributed by atoms with Crippen LogP contribution in [0.2, 0.25) is 0 Å². The van der Waals surface area contributed by atoms with Crippen molar-refractivity contribution >= 4 is 11.5 Å². The Morgan fingerprint density at radius 2 is 2.06 bits per heavy atom. The maximum Gasteiger partial charge on any atom is 0.139 e. The Kier molecular flexibility index (Phi) is 5.89. The molecule has 1 heterocycles. The molecule has 6 unspecified atom stereocenters. The van der Waals surface area contributed by atoms with Gasteiger partial charge in [0, 0.05) is 24.5 Å². The molecule has 0 spiro atoms. The molecule has 4 fully saturated rings. The summed E-state index contributed by atoms with van der Waals surface area (Å²) in [5, 5.41) is 12.8. The van der Waals surface area contributed by atoms with E-state index in [0.29, 0.717) is 42.7 Å². The molecule has 0 bridgehead atoms. The maximum atomic E-state index is 12.6. The van der Waals surface area contributed by atoms with Crippen molar-refractivity contribution in [1.29, 1.82) is 0 Å². The zero-order chi connectivity index (χ0) is 22.3. The minimum absolute atomic E-state index is 0.0192. The standard InChI is InChI=1S/C25H39N5O2/c1-24-10-7-18(28-32-14-13-30-16-19(9-12-26)27-29-30)15-17(24)3-4-20-21-5-6-23(31)25(21,2)11-8-22(20)24/h16-17,20-22H,3-15,26H2,1-2H3. The maximum absolute atomic E-state index is 12.6. The average molecular weight is 442 g/mol. The van der Waals surface area contributed by atoms with Gasteiger partial charge in [-0.2, -0.15) is 0 Å². The number of oxime groups is 1. The van der Waals surface area contributed by atoms with E-state index in [0.717, 1.165) is 56.1 Å². The fourth-order valence-electron chi connectivity index (χ4n) is 7.90. The molecule has 0 radical (unpaired) electrons. The summed E-state index contributed by atoms with van der Waals surface area (Å²) < 4.78 is 1.80. The van der Waals surface area contributed by atoms with E-state index in [2.05, 4.69) is 29.3 Å². The number of carbonyl (C=O) groups excluding carboxylic acids is 1. The predicted molar refractivity (Wildman–Crippen MR) is 123 cm³/mol. The largest absolute Gasteiger partial charge is 0.394 e. The minimum Gasteiger partial charge on any atom is -0.394 e. The SMILES string of the molecule is CC12CCC3C(CCC4CC(=NOCCn5cc(CCN)nn5)CCC43C)C1CCC2=O. The van der Waals surface area contributed by atoms with Crippen LogP contribution in [0, 0.1) is 34.5 Å². The van der Waals surface area contributed by atoms with E-state index in [1.807, 2.05) is 6.20 Å². The second-order valence-electron chi connectivity index (χ2n) is 11.3. The van der Waals surface area contributed by atoms with E-state index in [1.165, 1.54) is 31.4 Å². The summed E-state index contributed by atoms with van der Waals surface area (Å²) in [5.41, 5.74) is 8.09. The van der Waals surface area contributed by atoms with Crippen LogP contribution in [-0.2, 0) is 22.6 Å². The number of nitrogens with zero attached hydrogens (tertiary/aromatic N) is 4. The lowest BCUT2D eigenvalue weighted by Crippen LogP contribution is -2.53. The number of hydrogen-bond acceptors (Lipinski definition) is 6. The average Bonchev–Trinajstić information content (AvgIpc) is 3.35. The van der Waals surface area contributed by atoms with Crippen LogP contribution >= 0.6 is 0 Å². The number of hydrogen-bond donors (Lipinski definition) is 1. The number of rotatable bonds is 6. The second kappa shape index (κ2) is 8.54. The molecule has 2 N–H and O–H groups in total. The molecular formula is C25H39N5O2. The van der Waals surface area contributed by atoms with Crippen molar-refractivity contribution in [3.8, 4) is 0 Å². The van der Waals surface area contributed by atoms with Crippen LogP contribution in [0.5, 0.6) is 0 Å². The molecule has 4 saturated carbocycles. The molecule has 1 aromatic heterocycles. The summed E-state index contributed by atoms with van der Waals surface area (Å²) in [7, 11) is 0. The molecule has 7 heteroatoms. The van der Waals surface area contributed by atoms with Crippen molar-refractivity contribution in [2.24, 2.45) is 45.4 Å². The third kappa shape index (κ3) is 3.70. The first-order valence-electron chi connectivity index (χ1n) is 12.7. The lowest BCUT2D eigenvalue weighted by molar-refractivity contribution is -0.137.